The fourth-order valence-corrected chi connectivity index (χ4v) is 6.99. The lowest BCUT2D eigenvalue weighted by atomic mass is 10.2. The van der Waals surface area contributed by atoms with Crippen LogP contribution in [0.2, 0.25) is 0 Å². The van der Waals surface area contributed by atoms with E-state index in [1.54, 1.807) is 28.6 Å². The lowest BCUT2D eigenvalue weighted by Crippen LogP contribution is -2.31. The van der Waals surface area contributed by atoms with Gasteiger partial charge in [-0.05, 0) is 67.1 Å². The third kappa shape index (κ3) is 4.98. The van der Waals surface area contributed by atoms with Crippen molar-refractivity contribution >= 4 is 49.9 Å². The summed E-state index contributed by atoms with van der Waals surface area (Å²) in [5.41, 5.74) is 2.28. The molecule has 1 fully saturated rings. The van der Waals surface area contributed by atoms with Gasteiger partial charge in [0.2, 0.25) is 15.9 Å². The van der Waals surface area contributed by atoms with E-state index < -0.39 is 15.3 Å². The molecule has 1 saturated heterocycles. The van der Waals surface area contributed by atoms with E-state index in [2.05, 4.69) is 15.5 Å². The molecule has 0 radical (unpaired) electrons. The van der Waals surface area contributed by atoms with Gasteiger partial charge in [-0.25, -0.2) is 8.42 Å². The van der Waals surface area contributed by atoms with Crippen molar-refractivity contribution in [2.75, 3.05) is 18.4 Å². The van der Waals surface area contributed by atoms with E-state index in [0.717, 1.165) is 42.2 Å². The molecule has 1 atom stereocenters. The molecule has 0 spiro atoms. The first kappa shape index (κ1) is 24.7. The summed E-state index contributed by atoms with van der Waals surface area (Å²) in [6.07, 6.45) is 4.50. The molecule has 5 rings (SSSR count). The second-order valence-electron chi connectivity index (χ2n) is 8.92. The third-order valence-corrected chi connectivity index (χ3v) is 9.70. The Kier molecular flexibility index (Phi) is 7.27. The van der Waals surface area contributed by atoms with E-state index in [0.29, 0.717) is 30.4 Å². The van der Waals surface area contributed by atoms with Crippen LogP contribution in [0.4, 0.5) is 5.69 Å². The number of nitrogens with zero attached hydrogens (tertiary/aromatic N) is 4. The molecule has 1 aliphatic rings. The second-order valence-corrected chi connectivity index (χ2v) is 12.0. The maximum Gasteiger partial charge on any atom is 0.243 e. The summed E-state index contributed by atoms with van der Waals surface area (Å²) in [7, 11) is -3.53. The van der Waals surface area contributed by atoms with Gasteiger partial charge in [-0.15, -0.1) is 10.2 Å². The Bertz CT molecular complexity index is 1480. The molecule has 10 heteroatoms. The van der Waals surface area contributed by atoms with Crippen molar-refractivity contribution in [2.45, 2.75) is 54.3 Å². The molecule has 1 aliphatic heterocycles. The zero-order valence-electron chi connectivity index (χ0n) is 20.1. The summed E-state index contributed by atoms with van der Waals surface area (Å²) in [6, 6.07) is 18.4. The minimum Gasteiger partial charge on any atom is -0.325 e. The van der Waals surface area contributed by atoms with Gasteiger partial charge in [0.1, 0.15) is 0 Å². The van der Waals surface area contributed by atoms with Crippen LogP contribution in [0.5, 0.6) is 0 Å². The highest BCUT2D eigenvalue weighted by Crippen LogP contribution is 2.29. The molecule has 1 N–H and O–H groups in total. The van der Waals surface area contributed by atoms with E-state index in [1.807, 2.05) is 47.7 Å². The van der Waals surface area contributed by atoms with Crippen molar-refractivity contribution in [2.24, 2.45) is 0 Å². The monoisotopic (exact) mass is 523 g/mol. The molecule has 1 amide bonds. The average Bonchev–Trinajstić information content (AvgIpc) is 3.10. The molecule has 2 aromatic heterocycles. The van der Waals surface area contributed by atoms with E-state index in [9.17, 15) is 13.2 Å². The van der Waals surface area contributed by atoms with Crippen molar-refractivity contribution in [3.8, 4) is 0 Å². The number of benzene rings is 2. The van der Waals surface area contributed by atoms with Crippen LogP contribution in [0.1, 0.15) is 39.0 Å². The number of carbonyl (C=O) groups excluding carboxylic acids is 1. The Morgan fingerprint density at radius 2 is 1.69 bits per heavy atom. The lowest BCUT2D eigenvalue weighted by molar-refractivity contribution is -0.115. The van der Waals surface area contributed by atoms with Crippen LogP contribution in [0.15, 0.2) is 70.7 Å². The van der Waals surface area contributed by atoms with Crippen molar-refractivity contribution in [3.05, 3.63) is 60.7 Å². The largest absolute Gasteiger partial charge is 0.325 e. The number of hydrogen-bond acceptors (Lipinski definition) is 6. The van der Waals surface area contributed by atoms with Crippen LogP contribution < -0.4 is 5.32 Å². The first-order valence-electron chi connectivity index (χ1n) is 12.3. The Hall–Kier alpha value is -2.95. The summed E-state index contributed by atoms with van der Waals surface area (Å²) >= 11 is 1.37. The smallest absolute Gasteiger partial charge is 0.243 e. The van der Waals surface area contributed by atoms with Gasteiger partial charge in [0, 0.05) is 18.8 Å². The van der Waals surface area contributed by atoms with Crippen LogP contribution in [-0.4, -0.2) is 51.6 Å². The predicted octanol–water partition coefficient (Wildman–Crippen LogP) is 4.96. The molecule has 3 heterocycles. The Labute approximate surface area is 215 Å². The topological polar surface area (TPSA) is 96.7 Å². The zero-order chi connectivity index (χ0) is 25.1. The molecule has 1 unspecified atom stereocenters. The number of amides is 1. The lowest BCUT2D eigenvalue weighted by Gasteiger charge is -2.20. The minimum atomic E-state index is -3.53. The molecule has 0 bridgehead atoms. The number of pyridine rings is 1. The van der Waals surface area contributed by atoms with E-state index >= 15 is 0 Å². The highest BCUT2D eigenvalue weighted by atomic mass is 32.2. The van der Waals surface area contributed by atoms with Gasteiger partial charge < -0.3 is 5.32 Å². The Morgan fingerprint density at radius 1 is 0.972 bits per heavy atom. The highest BCUT2D eigenvalue weighted by Gasteiger charge is 2.26. The van der Waals surface area contributed by atoms with Crippen molar-refractivity contribution in [3.63, 3.8) is 0 Å². The summed E-state index contributed by atoms with van der Waals surface area (Å²) in [5, 5.41) is 12.9. The van der Waals surface area contributed by atoms with Crippen LogP contribution in [0.25, 0.3) is 16.6 Å². The van der Waals surface area contributed by atoms with Crippen LogP contribution in [0, 0.1) is 0 Å². The zero-order valence-corrected chi connectivity index (χ0v) is 21.8. The molecule has 0 aliphatic carbocycles. The Balaban J connectivity index is 1.31. The quantitative estimate of drug-likeness (QED) is 0.344. The maximum absolute atomic E-state index is 13.1. The van der Waals surface area contributed by atoms with Gasteiger partial charge in [-0.3, -0.25) is 9.20 Å². The number of nitrogens with one attached hydrogen (secondary N) is 1. The molecule has 8 nitrogen and oxygen atoms in total. The first-order valence-corrected chi connectivity index (χ1v) is 14.6. The number of thioether (sulfide) groups is 1. The third-order valence-electron chi connectivity index (χ3n) is 6.48. The highest BCUT2D eigenvalue weighted by molar-refractivity contribution is 8.00. The SMILES string of the molecule is CCC(Sc1nnc2ccc3ccccc3n12)C(=O)Nc1ccc(S(=O)(=O)N2CCCCCC2)cc1. The summed E-state index contributed by atoms with van der Waals surface area (Å²) < 4.78 is 29.6. The minimum absolute atomic E-state index is 0.164. The molecule has 2 aromatic carbocycles. The van der Waals surface area contributed by atoms with Gasteiger partial charge in [-0.1, -0.05) is 49.7 Å². The van der Waals surface area contributed by atoms with E-state index in [1.165, 1.54) is 11.8 Å². The number of sulfonamides is 1. The Morgan fingerprint density at radius 3 is 2.42 bits per heavy atom. The molecule has 4 aromatic rings. The number of aromatic nitrogens is 3. The van der Waals surface area contributed by atoms with Gasteiger partial charge >= 0.3 is 0 Å². The second kappa shape index (κ2) is 10.6. The average molecular weight is 524 g/mol. The normalized spacial score (nSPS) is 16.1. The molecular weight excluding hydrogens is 494 g/mol. The summed E-state index contributed by atoms with van der Waals surface area (Å²) in [5.74, 6) is -0.164. The van der Waals surface area contributed by atoms with Crippen LogP contribution in [-0.2, 0) is 14.8 Å². The first-order chi connectivity index (χ1) is 17.5. The predicted molar refractivity (Wildman–Crippen MR) is 143 cm³/mol. The molecular formula is C26H29N5O3S2. The summed E-state index contributed by atoms with van der Waals surface area (Å²) in [6.45, 7) is 3.07. The van der Waals surface area contributed by atoms with Gasteiger partial charge in [0.05, 0.1) is 15.7 Å². The van der Waals surface area contributed by atoms with Crippen LogP contribution >= 0.6 is 11.8 Å². The van der Waals surface area contributed by atoms with Gasteiger partial charge in [0.25, 0.3) is 0 Å². The number of hydrogen-bond donors (Lipinski definition) is 1. The number of carbonyl (C=O) groups is 1. The number of anilines is 1. The number of para-hydroxylation sites is 1. The molecule has 188 valence electrons. The number of rotatable bonds is 7. The van der Waals surface area contributed by atoms with Crippen molar-refractivity contribution in [1.82, 2.24) is 18.9 Å². The van der Waals surface area contributed by atoms with E-state index in [-0.39, 0.29) is 10.8 Å². The standard InChI is InChI=1S/C26H29N5O3S2/c1-2-23(35-26-29-28-24-16-11-19-9-5-6-10-22(19)31(24)26)25(32)27-20-12-14-21(15-13-20)36(33,34)30-17-7-3-4-8-18-30/h5-6,9-16,23H,2-4,7-8,17-18H2,1H3,(H,27,32). The fourth-order valence-electron chi connectivity index (χ4n) is 4.50. The summed E-state index contributed by atoms with van der Waals surface area (Å²) in [4.78, 5) is 13.4. The van der Waals surface area contributed by atoms with Gasteiger partial charge in [-0.2, -0.15) is 4.31 Å². The van der Waals surface area contributed by atoms with E-state index in [4.69, 9.17) is 0 Å². The number of fused-ring (bicyclic) bond motifs is 3. The van der Waals surface area contributed by atoms with Gasteiger partial charge in [0.15, 0.2) is 10.8 Å². The van der Waals surface area contributed by atoms with Crippen LogP contribution in [0.3, 0.4) is 0 Å². The molecule has 36 heavy (non-hydrogen) atoms. The van der Waals surface area contributed by atoms with Crippen molar-refractivity contribution < 1.29 is 13.2 Å². The maximum atomic E-state index is 13.1. The fraction of sp³-hybridized carbons (Fsp3) is 0.346. The molecule has 0 saturated carbocycles. The van der Waals surface area contributed by atoms with Crippen molar-refractivity contribution in [1.29, 1.82) is 0 Å².